The largest absolute Gasteiger partial charge is 0.380 e. The summed E-state index contributed by atoms with van der Waals surface area (Å²) in [7, 11) is 0. The Balaban J connectivity index is 1.94. The number of ketones is 1. The summed E-state index contributed by atoms with van der Waals surface area (Å²) in [6.07, 6.45) is -0.893. The zero-order valence-corrected chi connectivity index (χ0v) is 47.7. The number of ether oxygens (including phenoxy) is 1. The highest BCUT2D eigenvalue weighted by atomic mass is 16.5. The van der Waals surface area contributed by atoms with Crippen LogP contribution in [0.5, 0.6) is 0 Å². The van der Waals surface area contributed by atoms with Gasteiger partial charge in [-0.05, 0) is 93.0 Å². The molecule has 1 heterocycles. The number of nitrogens with one attached hydrogen (secondary N) is 7. The van der Waals surface area contributed by atoms with Crippen molar-refractivity contribution in [3.63, 3.8) is 0 Å². The number of fused-ring (bicyclic) bond motifs is 1. The summed E-state index contributed by atoms with van der Waals surface area (Å²) in [5.41, 5.74) is 46.1. The number of rotatable bonds is 27. The van der Waals surface area contributed by atoms with E-state index >= 15 is 9.59 Å². The van der Waals surface area contributed by atoms with Gasteiger partial charge in [0.2, 0.25) is 41.4 Å². The Morgan fingerprint density at radius 3 is 1.40 bits per heavy atom. The number of guanidine groups is 4. The quantitative estimate of drug-likeness (QED) is 0.0209. The zero-order chi connectivity index (χ0) is 61.4. The number of aliphatic imine (C=N–C) groups is 4. The highest BCUT2D eigenvalue weighted by molar-refractivity contribution is 5.99. The van der Waals surface area contributed by atoms with Gasteiger partial charge >= 0.3 is 0 Å². The average Bonchev–Trinajstić information content (AvgIpc) is 3.66. The van der Waals surface area contributed by atoms with E-state index < -0.39 is 95.7 Å². The minimum atomic E-state index is -1.52. The molecule has 3 aromatic rings. The third kappa shape index (κ3) is 25.4. The Morgan fingerprint density at radius 2 is 0.905 bits per heavy atom. The Kier molecular flexibility index (Phi) is 29.2. The molecule has 1 aliphatic rings. The maximum absolute atomic E-state index is 15.1. The van der Waals surface area contributed by atoms with E-state index in [1.54, 1.807) is 37.3 Å². The Bertz CT molecular complexity index is 2780. The van der Waals surface area contributed by atoms with Crippen molar-refractivity contribution >= 4 is 81.7 Å². The number of Topliss-reactive ketones (excluding diaryl/α,β-unsaturated/α-hetero) is 1. The third-order valence-corrected chi connectivity index (χ3v) is 13.5. The van der Waals surface area contributed by atoms with Crippen LogP contribution in [0.4, 0.5) is 0 Å². The standard InChI is InChI=1S/C56H85N19O9/c1-2-84-29-28-65-46(77)23-22-42-51(82)75-44(31-34-12-4-3-5-13-34)52(83)74-43(32-35-20-21-36-14-6-7-15-37(36)30-35)45(76)33-38(16-8-24-66-53(57)58)47(78)70-39(17-9-25-67-54(59)60)48(79)71-40(18-10-26-68-55(61)62)49(80)72-41(50(81)73-42)19-11-27-69-56(63)64/h3-7,12-15,20-21,30,38-44H,2,8-11,16-19,22-29,31-33H2,1H3,(H,65,77)(H,70,78)(H,71,79)(H,72,80)(H,73,81)(H,74,83)(H,75,82)(H4,57,58,66)(H4,59,60,67)(H4,61,62,68)(H4,63,64,69)/t38-,39-,40+,41-,42+,43+,44-/m1/s1. The lowest BCUT2D eigenvalue weighted by Crippen LogP contribution is -2.59. The molecule has 0 aromatic heterocycles. The van der Waals surface area contributed by atoms with E-state index in [9.17, 15) is 28.8 Å². The predicted octanol–water partition coefficient (Wildman–Crippen LogP) is -2.73. The molecule has 7 amide bonds. The smallest absolute Gasteiger partial charge is 0.243 e. The van der Waals surface area contributed by atoms with E-state index in [1.165, 1.54) is 0 Å². The molecule has 23 N–H and O–H groups in total. The van der Waals surface area contributed by atoms with Gasteiger partial charge in [-0.1, -0.05) is 72.8 Å². The van der Waals surface area contributed by atoms with Crippen LogP contribution in [0, 0.1) is 5.92 Å². The zero-order valence-electron chi connectivity index (χ0n) is 47.7. The van der Waals surface area contributed by atoms with Crippen LogP contribution in [-0.2, 0) is 55.9 Å². The second-order valence-electron chi connectivity index (χ2n) is 20.2. The summed E-state index contributed by atoms with van der Waals surface area (Å²) in [5, 5.41) is 21.2. The van der Waals surface area contributed by atoms with Crippen molar-refractivity contribution in [2.45, 2.75) is 127 Å². The number of nitrogens with two attached hydrogens (primary N) is 8. The maximum Gasteiger partial charge on any atom is 0.243 e. The number of hydrogen-bond donors (Lipinski definition) is 15. The number of carbonyl (C=O) groups is 8. The van der Waals surface area contributed by atoms with E-state index in [1.807, 2.05) is 42.5 Å². The predicted molar refractivity (Wildman–Crippen MR) is 321 cm³/mol. The van der Waals surface area contributed by atoms with Gasteiger partial charge in [0.1, 0.15) is 30.2 Å². The maximum atomic E-state index is 15.1. The van der Waals surface area contributed by atoms with Crippen molar-refractivity contribution in [1.82, 2.24) is 37.2 Å². The lowest BCUT2D eigenvalue weighted by Gasteiger charge is -2.27. The molecule has 1 aliphatic heterocycles. The van der Waals surface area contributed by atoms with Crippen LogP contribution >= 0.6 is 0 Å². The van der Waals surface area contributed by atoms with Crippen LogP contribution in [0.3, 0.4) is 0 Å². The van der Waals surface area contributed by atoms with Gasteiger partial charge in [0.05, 0.1) is 12.6 Å². The van der Waals surface area contributed by atoms with Gasteiger partial charge in [-0.15, -0.1) is 0 Å². The minimum absolute atomic E-state index is 0.0175. The first-order valence-electron chi connectivity index (χ1n) is 28.1. The van der Waals surface area contributed by atoms with Crippen molar-refractivity contribution in [3.05, 3.63) is 83.9 Å². The fourth-order valence-corrected chi connectivity index (χ4v) is 9.17. The molecule has 0 spiro atoms. The van der Waals surface area contributed by atoms with Gasteiger partial charge in [0, 0.05) is 64.5 Å². The highest BCUT2D eigenvalue weighted by Gasteiger charge is 2.36. The van der Waals surface area contributed by atoms with Crippen LogP contribution in [-0.4, -0.2) is 153 Å². The average molecular weight is 1170 g/mol. The molecule has 84 heavy (non-hydrogen) atoms. The van der Waals surface area contributed by atoms with Crippen LogP contribution in [0.25, 0.3) is 10.8 Å². The Labute approximate surface area is 488 Å². The van der Waals surface area contributed by atoms with E-state index in [2.05, 4.69) is 57.2 Å². The van der Waals surface area contributed by atoms with Crippen molar-refractivity contribution in [2.24, 2.45) is 71.8 Å². The SMILES string of the molecule is CCOCCNC(=O)CC[C@@H]1NC(=O)[C@@H](CCCN=C(N)N)NC(=O)[C@H](CCCN=C(N)N)NC(=O)[C@@H](CCCN=C(N)N)NC(=O)[C@H](CCCN=C(N)N)CC(=O)[C@H](Cc2ccc3ccccc3c2)NC(=O)[C@@H](Cc2ccccc2)NC1=O. The molecule has 458 valence electrons. The molecular formula is C56H85N19O9. The third-order valence-electron chi connectivity index (χ3n) is 13.5. The molecule has 7 atom stereocenters. The first-order chi connectivity index (χ1) is 40.2. The summed E-state index contributed by atoms with van der Waals surface area (Å²) < 4.78 is 5.35. The van der Waals surface area contributed by atoms with Crippen LogP contribution in [0.2, 0.25) is 0 Å². The first kappa shape index (κ1) is 67.4. The monoisotopic (exact) mass is 1170 g/mol. The molecule has 28 nitrogen and oxygen atoms in total. The number of amides is 7. The summed E-state index contributed by atoms with van der Waals surface area (Å²) in [4.78, 5) is 133. The van der Waals surface area contributed by atoms with Gasteiger partial charge in [-0.25, -0.2) is 0 Å². The number of benzene rings is 3. The second kappa shape index (κ2) is 36.4. The number of carbonyl (C=O) groups excluding carboxylic acids is 8. The first-order valence-corrected chi connectivity index (χ1v) is 28.1. The van der Waals surface area contributed by atoms with Gasteiger partial charge in [0.15, 0.2) is 29.6 Å². The van der Waals surface area contributed by atoms with E-state index in [4.69, 9.17) is 50.6 Å². The van der Waals surface area contributed by atoms with Crippen LogP contribution < -0.4 is 83.1 Å². The van der Waals surface area contributed by atoms with E-state index in [0.29, 0.717) is 17.7 Å². The van der Waals surface area contributed by atoms with E-state index in [0.717, 1.165) is 10.8 Å². The number of nitrogens with zero attached hydrogens (tertiary/aromatic N) is 4. The molecule has 28 heteroatoms. The topological polar surface area (TPSA) is 488 Å². The fraction of sp³-hybridized carbons (Fsp3) is 0.500. The van der Waals surface area contributed by atoms with Gasteiger partial charge in [-0.2, -0.15) is 0 Å². The Hall–Kier alpha value is -9.08. The van der Waals surface area contributed by atoms with Crippen molar-refractivity contribution in [3.8, 4) is 0 Å². The number of hydrogen-bond acceptors (Lipinski definition) is 13. The summed E-state index contributed by atoms with van der Waals surface area (Å²) in [6.45, 7) is 2.74. The molecule has 3 aromatic carbocycles. The van der Waals surface area contributed by atoms with Crippen molar-refractivity contribution < 1.29 is 43.1 Å². The summed E-state index contributed by atoms with van der Waals surface area (Å²) >= 11 is 0. The molecular weight excluding hydrogens is 1080 g/mol. The summed E-state index contributed by atoms with van der Waals surface area (Å²) in [6, 6.07) is 13.4. The molecule has 0 bridgehead atoms. The second-order valence-corrected chi connectivity index (χ2v) is 20.2. The normalized spacial score (nSPS) is 20.2. The molecule has 1 saturated heterocycles. The highest BCUT2D eigenvalue weighted by Crippen LogP contribution is 2.21. The molecule has 0 radical (unpaired) electrons. The van der Waals surface area contributed by atoms with Gasteiger partial charge in [0.25, 0.3) is 0 Å². The molecule has 4 rings (SSSR count). The van der Waals surface area contributed by atoms with Gasteiger partial charge in [-0.3, -0.25) is 58.3 Å². The lowest BCUT2D eigenvalue weighted by molar-refractivity contribution is -0.136. The van der Waals surface area contributed by atoms with E-state index in [-0.39, 0.29) is 140 Å². The minimum Gasteiger partial charge on any atom is -0.380 e. The Morgan fingerprint density at radius 1 is 0.488 bits per heavy atom. The molecule has 1 fully saturated rings. The van der Waals surface area contributed by atoms with Crippen molar-refractivity contribution in [1.29, 1.82) is 0 Å². The van der Waals surface area contributed by atoms with Crippen LogP contribution in [0.1, 0.15) is 88.7 Å². The van der Waals surface area contributed by atoms with Crippen molar-refractivity contribution in [2.75, 3.05) is 45.9 Å². The fourth-order valence-electron chi connectivity index (χ4n) is 9.17. The molecule has 0 aliphatic carbocycles. The molecule has 0 unspecified atom stereocenters. The molecule has 0 saturated carbocycles. The van der Waals surface area contributed by atoms with Gasteiger partial charge < -0.3 is 87.8 Å². The van der Waals surface area contributed by atoms with Crippen LogP contribution in [0.15, 0.2) is 92.8 Å². The lowest BCUT2D eigenvalue weighted by atomic mass is 9.90. The summed E-state index contributed by atoms with van der Waals surface area (Å²) in [5.74, 6) is -8.07.